The van der Waals surface area contributed by atoms with Crippen LogP contribution in [0.2, 0.25) is 0 Å². The highest BCUT2D eigenvalue weighted by atomic mass is 31.1. The van der Waals surface area contributed by atoms with Gasteiger partial charge < -0.3 is 10.00 Å². The Balaban J connectivity index is 3.00. The first-order valence-corrected chi connectivity index (χ1v) is 4.08. The Morgan fingerprint density at radius 2 is 1.70 bits per heavy atom. The number of rotatable bonds is 1. The Morgan fingerprint density at radius 1 is 1.20 bits per heavy atom. The molecule has 1 aromatic carbocycles. The highest BCUT2D eigenvalue weighted by Crippen LogP contribution is 2.14. The molecule has 0 spiro atoms. The van der Waals surface area contributed by atoms with E-state index in [4.69, 9.17) is 10.00 Å². The molecule has 0 bridgehead atoms. The lowest BCUT2D eigenvalue weighted by Crippen LogP contribution is -1.92. The van der Waals surface area contributed by atoms with Gasteiger partial charge in [0, 0.05) is 5.30 Å². The van der Waals surface area contributed by atoms with Gasteiger partial charge in [0.1, 0.15) is 5.75 Å². The highest BCUT2D eigenvalue weighted by Gasteiger charge is 1.96. The summed E-state index contributed by atoms with van der Waals surface area (Å²) in [5.74, 6) is 0.104. The summed E-state index contributed by atoms with van der Waals surface area (Å²) in [6.45, 7) is 0. The van der Waals surface area contributed by atoms with E-state index in [1.54, 1.807) is 0 Å². The van der Waals surface area contributed by atoms with Crippen molar-refractivity contribution in [3.05, 3.63) is 24.3 Å². The molecule has 0 amide bonds. The fraction of sp³-hybridized carbons (Fsp3) is 0. The normalized spacial score (nSPS) is 12.9. The second kappa shape index (κ2) is 2.86. The molecule has 3 nitrogen and oxygen atoms in total. The first-order chi connectivity index (χ1) is 4.70. The molecule has 1 aromatic rings. The fourth-order valence-corrected chi connectivity index (χ4v) is 1.06. The average molecular weight is 158 g/mol. The number of phenolic OH excluding ortho intramolecular Hbond substituents is 1. The topological polar surface area (TPSA) is 57.5 Å². The number of phenols is 1. The third-order valence-electron chi connectivity index (χ3n) is 1.11. The minimum atomic E-state index is -2.59. The number of aromatic hydroxyl groups is 1. The van der Waals surface area contributed by atoms with Gasteiger partial charge in [0.15, 0.2) is 0 Å². The van der Waals surface area contributed by atoms with Gasteiger partial charge in [0.05, 0.1) is 0 Å². The zero-order chi connectivity index (χ0) is 7.56. The van der Waals surface area contributed by atoms with Crippen molar-refractivity contribution in [2.75, 3.05) is 0 Å². The van der Waals surface area contributed by atoms with Crippen LogP contribution in [0, 0.1) is 0 Å². The third-order valence-corrected chi connectivity index (χ3v) is 1.94. The molecule has 0 radical (unpaired) electrons. The van der Waals surface area contributed by atoms with E-state index in [1.807, 2.05) is 0 Å². The van der Waals surface area contributed by atoms with E-state index in [0.29, 0.717) is 5.30 Å². The second-order valence-electron chi connectivity index (χ2n) is 1.85. The molecular formula is C6H7O3P. The van der Waals surface area contributed by atoms with Crippen LogP contribution in [-0.2, 0) is 4.57 Å². The first kappa shape index (κ1) is 7.32. The predicted octanol–water partition coefficient (Wildman–Crippen LogP) is 0.484. The molecule has 54 valence electrons. The molecule has 4 heteroatoms. The van der Waals surface area contributed by atoms with Crippen molar-refractivity contribution in [3.8, 4) is 5.75 Å². The Hall–Kier alpha value is -0.790. The molecule has 2 N–H and O–H groups in total. The van der Waals surface area contributed by atoms with Gasteiger partial charge in [-0.2, -0.15) is 0 Å². The Kier molecular flexibility index (Phi) is 2.10. The van der Waals surface area contributed by atoms with Gasteiger partial charge in [0.25, 0.3) is 0 Å². The zero-order valence-electron chi connectivity index (χ0n) is 5.11. The van der Waals surface area contributed by atoms with Crippen molar-refractivity contribution in [2.45, 2.75) is 0 Å². The summed E-state index contributed by atoms with van der Waals surface area (Å²) in [7, 11) is -2.59. The van der Waals surface area contributed by atoms with Gasteiger partial charge in [-0.3, -0.25) is 4.57 Å². The summed E-state index contributed by atoms with van der Waals surface area (Å²) in [5, 5.41) is 9.13. The van der Waals surface area contributed by atoms with E-state index < -0.39 is 8.03 Å². The summed E-state index contributed by atoms with van der Waals surface area (Å²) < 4.78 is 10.4. The number of hydrogen-bond acceptors (Lipinski definition) is 2. The van der Waals surface area contributed by atoms with Crippen LogP contribution in [-0.4, -0.2) is 10.00 Å². The van der Waals surface area contributed by atoms with E-state index in [-0.39, 0.29) is 5.75 Å². The largest absolute Gasteiger partial charge is 0.508 e. The maximum atomic E-state index is 10.4. The van der Waals surface area contributed by atoms with Gasteiger partial charge in [-0.15, -0.1) is 0 Å². The van der Waals surface area contributed by atoms with Gasteiger partial charge in [0.2, 0.25) is 8.03 Å². The van der Waals surface area contributed by atoms with Crippen molar-refractivity contribution < 1.29 is 14.6 Å². The molecule has 0 saturated carbocycles. The zero-order valence-corrected chi connectivity index (χ0v) is 6.11. The second-order valence-corrected chi connectivity index (χ2v) is 3.04. The lowest BCUT2D eigenvalue weighted by molar-refractivity contribution is 0.475. The van der Waals surface area contributed by atoms with Crippen LogP contribution in [0.3, 0.4) is 0 Å². The van der Waals surface area contributed by atoms with Crippen LogP contribution < -0.4 is 5.30 Å². The highest BCUT2D eigenvalue weighted by molar-refractivity contribution is 7.47. The molecular weight excluding hydrogens is 151 g/mol. The molecule has 1 atom stereocenters. The molecule has 1 unspecified atom stereocenters. The summed E-state index contributed by atoms with van der Waals surface area (Å²) in [4.78, 5) is 8.58. The monoisotopic (exact) mass is 158 g/mol. The molecule has 1 rings (SSSR count). The third kappa shape index (κ3) is 1.59. The smallest absolute Gasteiger partial charge is 0.218 e. The van der Waals surface area contributed by atoms with E-state index in [0.717, 1.165) is 0 Å². The van der Waals surface area contributed by atoms with Crippen LogP contribution in [0.15, 0.2) is 24.3 Å². The minimum Gasteiger partial charge on any atom is -0.508 e. The van der Waals surface area contributed by atoms with Gasteiger partial charge >= 0.3 is 0 Å². The molecule has 0 fully saturated rings. The van der Waals surface area contributed by atoms with E-state index in [2.05, 4.69) is 0 Å². The van der Waals surface area contributed by atoms with Crippen LogP contribution in [0.1, 0.15) is 0 Å². The molecule has 0 saturated heterocycles. The van der Waals surface area contributed by atoms with Crippen LogP contribution in [0.25, 0.3) is 0 Å². The molecule has 0 aromatic heterocycles. The molecule has 0 heterocycles. The maximum Gasteiger partial charge on any atom is 0.218 e. The Labute approximate surface area is 58.8 Å². The molecule has 0 aliphatic carbocycles. The van der Waals surface area contributed by atoms with Gasteiger partial charge in [-0.05, 0) is 24.3 Å². The van der Waals surface area contributed by atoms with Crippen LogP contribution >= 0.6 is 8.03 Å². The SMILES string of the molecule is O=[PH](O)c1ccc(O)cc1. The van der Waals surface area contributed by atoms with Crippen LogP contribution in [0.4, 0.5) is 0 Å². The average Bonchev–Trinajstić information content (AvgIpc) is 1.88. The minimum absolute atomic E-state index is 0.104. The maximum absolute atomic E-state index is 10.4. The van der Waals surface area contributed by atoms with Gasteiger partial charge in [-0.1, -0.05) is 0 Å². The number of benzene rings is 1. The van der Waals surface area contributed by atoms with E-state index >= 15 is 0 Å². The number of hydrogen-bond donors (Lipinski definition) is 2. The molecule has 0 aliphatic heterocycles. The Morgan fingerprint density at radius 3 is 2.10 bits per heavy atom. The molecule has 10 heavy (non-hydrogen) atoms. The predicted molar refractivity (Wildman–Crippen MR) is 39.0 cm³/mol. The quantitative estimate of drug-likeness (QED) is 0.584. The lowest BCUT2D eigenvalue weighted by Gasteiger charge is -1.93. The van der Waals surface area contributed by atoms with Crippen molar-refractivity contribution in [3.63, 3.8) is 0 Å². The van der Waals surface area contributed by atoms with Gasteiger partial charge in [-0.25, -0.2) is 0 Å². The summed E-state index contributed by atoms with van der Waals surface area (Å²) >= 11 is 0. The van der Waals surface area contributed by atoms with Crippen molar-refractivity contribution in [2.24, 2.45) is 0 Å². The summed E-state index contributed by atoms with van der Waals surface area (Å²) in [6, 6.07) is 5.62. The van der Waals surface area contributed by atoms with Crippen LogP contribution in [0.5, 0.6) is 5.75 Å². The van der Waals surface area contributed by atoms with Crippen molar-refractivity contribution >= 4 is 13.3 Å². The van der Waals surface area contributed by atoms with E-state index in [1.165, 1.54) is 24.3 Å². The first-order valence-electron chi connectivity index (χ1n) is 2.72. The molecule has 0 aliphatic rings. The summed E-state index contributed by atoms with van der Waals surface area (Å²) in [6.07, 6.45) is 0. The van der Waals surface area contributed by atoms with E-state index in [9.17, 15) is 4.57 Å². The standard InChI is InChI=1S/C6H7O3P/c7-5-1-3-6(4-2-5)10(8)9/h1-4,7,10H,(H,8,9). The van der Waals surface area contributed by atoms with Crippen molar-refractivity contribution in [1.82, 2.24) is 0 Å². The fourth-order valence-electron chi connectivity index (χ4n) is 0.604. The Bertz CT molecular complexity index is 242. The lowest BCUT2D eigenvalue weighted by atomic mass is 10.3. The van der Waals surface area contributed by atoms with Crippen molar-refractivity contribution in [1.29, 1.82) is 0 Å². The summed E-state index contributed by atoms with van der Waals surface area (Å²) in [5.41, 5.74) is 0.